The lowest BCUT2D eigenvalue weighted by Crippen LogP contribution is -2.26. The van der Waals surface area contributed by atoms with Crippen LogP contribution in [0, 0.1) is 0 Å². The van der Waals surface area contributed by atoms with Gasteiger partial charge in [0.1, 0.15) is 17.3 Å². The molecule has 0 saturated carbocycles. The fourth-order valence-corrected chi connectivity index (χ4v) is 4.47. The Morgan fingerprint density at radius 2 is 1.50 bits per heavy atom. The van der Waals surface area contributed by atoms with E-state index in [2.05, 4.69) is 40.2 Å². The first-order valence-corrected chi connectivity index (χ1v) is 12.8. The van der Waals surface area contributed by atoms with E-state index in [0.717, 1.165) is 58.0 Å². The summed E-state index contributed by atoms with van der Waals surface area (Å²) in [5, 5.41) is 3.06. The van der Waals surface area contributed by atoms with Crippen LogP contribution >= 0.6 is 0 Å². The minimum atomic E-state index is -0.0288. The Morgan fingerprint density at radius 1 is 0.816 bits per heavy atom. The molecule has 38 heavy (non-hydrogen) atoms. The predicted molar refractivity (Wildman–Crippen MR) is 150 cm³/mol. The number of aromatic nitrogens is 2. The van der Waals surface area contributed by atoms with E-state index < -0.39 is 0 Å². The summed E-state index contributed by atoms with van der Waals surface area (Å²) in [5.41, 5.74) is 5.25. The first kappa shape index (κ1) is 25.1. The van der Waals surface area contributed by atoms with E-state index in [4.69, 9.17) is 14.5 Å². The van der Waals surface area contributed by atoms with Gasteiger partial charge >= 0.3 is 0 Å². The van der Waals surface area contributed by atoms with Crippen molar-refractivity contribution in [3.63, 3.8) is 0 Å². The van der Waals surface area contributed by atoms with E-state index in [1.807, 2.05) is 72.8 Å². The molecule has 0 bridgehead atoms. The van der Waals surface area contributed by atoms with Crippen LogP contribution in [0.25, 0.3) is 22.2 Å². The summed E-state index contributed by atoms with van der Waals surface area (Å²) in [6.45, 7) is 1.68. The number of fused-ring (bicyclic) bond motifs is 1. The number of nitrogens with one attached hydrogen (secondary N) is 1. The summed E-state index contributed by atoms with van der Waals surface area (Å²) in [6, 6.07) is 34.0. The zero-order chi connectivity index (χ0) is 26.2. The average Bonchev–Trinajstić information content (AvgIpc) is 3.33. The molecule has 0 spiro atoms. The number of ether oxygens (including phenoxy) is 2. The van der Waals surface area contributed by atoms with E-state index in [1.54, 1.807) is 7.11 Å². The van der Waals surface area contributed by atoms with Gasteiger partial charge in [-0.05, 0) is 59.5 Å². The van der Waals surface area contributed by atoms with Gasteiger partial charge in [-0.2, -0.15) is 0 Å². The third-order valence-corrected chi connectivity index (χ3v) is 6.46. The van der Waals surface area contributed by atoms with E-state index in [-0.39, 0.29) is 5.91 Å². The van der Waals surface area contributed by atoms with Crippen LogP contribution in [0.5, 0.6) is 11.5 Å². The van der Waals surface area contributed by atoms with Crippen LogP contribution in [0.2, 0.25) is 0 Å². The number of imidazole rings is 1. The number of nitrogens with zero attached hydrogens (tertiary/aromatic N) is 2. The van der Waals surface area contributed by atoms with Crippen molar-refractivity contribution in [2.75, 3.05) is 13.7 Å². The van der Waals surface area contributed by atoms with Crippen molar-refractivity contribution < 1.29 is 14.3 Å². The van der Waals surface area contributed by atoms with Crippen molar-refractivity contribution in [2.24, 2.45) is 0 Å². The van der Waals surface area contributed by atoms with Crippen molar-refractivity contribution in [2.45, 2.75) is 25.9 Å². The van der Waals surface area contributed by atoms with Gasteiger partial charge < -0.3 is 19.4 Å². The van der Waals surface area contributed by atoms with Gasteiger partial charge in [-0.3, -0.25) is 4.79 Å². The molecule has 5 aromatic rings. The minimum Gasteiger partial charge on any atom is -0.497 e. The molecule has 0 aliphatic carbocycles. The molecule has 5 rings (SSSR count). The van der Waals surface area contributed by atoms with Gasteiger partial charge in [-0.15, -0.1) is 0 Å². The summed E-state index contributed by atoms with van der Waals surface area (Å²) in [7, 11) is 1.65. The molecule has 1 heterocycles. The van der Waals surface area contributed by atoms with Crippen molar-refractivity contribution in [3.05, 3.63) is 115 Å². The van der Waals surface area contributed by atoms with Gasteiger partial charge in [0.2, 0.25) is 5.91 Å². The van der Waals surface area contributed by atoms with E-state index >= 15 is 0 Å². The monoisotopic (exact) mass is 505 g/mol. The van der Waals surface area contributed by atoms with Gasteiger partial charge in [0.25, 0.3) is 0 Å². The molecule has 1 N–H and O–H groups in total. The topological polar surface area (TPSA) is 65.4 Å². The molecular weight excluding hydrogens is 474 g/mol. The number of hydrogen-bond donors (Lipinski definition) is 1. The molecule has 0 aliphatic rings. The maximum atomic E-state index is 12.8. The zero-order valence-electron chi connectivity index (χ0n) is 21.5. The summed E-state index contributed by atoms with van der Waals surface area (Å²) in [5.74, 6) is 2.42. The van der Waals surface area contributed by atoms with Crippen LogP contribution in [0.4, 0.5) is 0 Å². The number of rotatable bonds is 11. The fourth-order valence-electron chi connectivity index (χ4n) is 4.47. The highest BCUT2D eigenvalue weighted by molar-refractivity contribution is 5.79. The Balaban J connectivity index is 1.18. The molecule has 1 aromatic heterocycles. The van der Waals surface area contributed by atoms with Crippen molar-refractivity contribution >= 4 is 16.9 Å². The van der Waals surface area contributed by atoms with Crippen LogP contribution in [-0.4, -0.2) is 29.2 Å². The smallest absolute Gasteiger partial charge is 0.224 e. The van der Waals surface area contributed by atoms with Crippen LogP contribution in [0.1, 0.15) is 17.8 Å². The molecule has 6 nitrogen and oxygen atoms in total. The summed E-state index contributed by atoms with van der Waals surface area (Å²) < 4.78 is 13.3. The lowest BCUT2D eigenvalue weighted by molar-refractivity contribution is -0.120. The molecule has 0 fully saturated rings. The third kappa shape index (κ3) is 6.21. The first-order valence-electron chi connectivity index (χ1n) is 12.8. The quantitative estimate of drug-likeness (QED) is 0.222. The Bertz CT molecular complexity index is 1480. The number of amides is 1. The van der Waals surface area contributed by atoms with Gasteiger partial charge in [-0.1, -0.05) is 66.7 Å². The van der Waals surface area contributed by atoms with Crippen LogP contribution in [-0.2, 0) is 24.3 Å². The second kappa shape index (κ2) is 12.1. The highest BCUT2D eigenvalue weighted by Crippen LogP contribution is 2.21. The zero-order valence-corrected chi connectivity index (χ0v) is 21.5. The molecule has 0 atom stereocenters. The van der Waals surface area contributed by atoms with Gasteiger partial charge in [0, 0.05) is 6.54 Å². The number of aryl methyl sites for hydroxylation is 1. The van der Waals surface area contributed by atoms with Crippen LogP contribution in [0.3, 0.4) is 0 Å². The molecule has 4 aromatic carbocycles. The molecule has 0 radical (unpaired) electrons. The van der Waals surface area contributed by atoms with E-state index in [9.17, 15) is 4.79 Å². The third-order valence-electron chi connectivity index (χ3n) is 6.46. The summed E-state index contributed by atoms with van der Waals surface area (Å²) in [6.07, 6.45) is 1.13. The Hall–Kier alpha value is -4.58. The average molecular weight is 506 g/mol. The molecule has 6 heteroatoms. The maximum absolute atomic E-state index is 12.8. The highest BCUT2D eigenvalue weighted by atomic mass is 16.5. The first-order chi connectivity index (χ1) is 18.7. The molecule has 0 unspecified atom stereocenters. The predicted octanol–water partition coefficient (Wildman–Crippen LogP) is 6.04. The number of benzene rings is 4. The maximum Gasteiger partial charge on any atom is 0.224 e. The molecule has 192 valence electrons. The summed E-state index contributed by atoms with van der Waals surface area (Å²) >= 11 is 0. The SMILES string of the molecule is COc1ccc(OCCCn2c(CNC(=O)Cc3ccc(-c4ccccc4)cc3)nc3ccccc32)cc1. The van der Waals surface area contributed by atoms with Crippen molar-refractivity contribution in [1.82, 2.24) is 14.9 Å². The molecular formula is C32H31N3O3. The van der Waals surface area contributed by atoms with Crippen molar-refractivity contribution in [1.29, 1.82) is 0 Å². The van der Waals surface area contributed by atoms with Crippen LogP contribution < -0.4 is 14.8 Å². The highest BCUT2D eigenvalue weighted by Gasteiger charge is 2.12. The van der Waals surface area contributed by atoms with E-state index in [0.29, 0.717) is 19.6 Å². The Labute approximate surface area is 222 Å². The van der Waals surface area contributed by atoms with Gasteiger partial charge in [0.05, 0.1) is 37.7 Å². The minimum absolute atomic E-state index is 0.0288. The number of methoxy groups -OCH3 is 1. The number of hydrogen-bond acceptors (Lipinski definition) is 4. The lowest BCUT2D eigenvalue weighted by Gasteiger charge is -2.12. The molecule has 1 amide bonds. The van der Waals surface area contributed by atoms with E-state index in [1.165, 1.54) is 0 Å². The summed E-state index contributed by atoms with van der Waals surface area (Å²) in [4.78, 5) is 17.5. The van der Waals surface area contributed by atoms with Gasteiger partial charge in [0.15, 0.2) is 0 Å². The number of carbonyl (C=O) groups is 1. The van der Waals surface area contributed by atoms with Gasteiger partial charge in [-0.25, -0.2) is 4.98 Å². The number of para-hydroxylation sites is 2. The standard InChI is InChI=1S/C32H31N3O3/c1-37-27-16-18-28(19-17-27)38-21-7-20-35-30-11-6-5-10-29(30)34-31(35)23-33-32(36)22-24-12-14-26(15-13-24)25-8-3-2-4-9-25/h2-6,8-19H,7,20-23H2,1H3,(H,33,36). The largest absolute Gasteiger partial charge is 0.497 e. The number of carbonyl (C=O) groups excluding carboxylic acids is 1. The normalized spacial score (nSPS) is 10.9. The lowest BCUT2D eigenvalue weighted by atomic mass is 10.0. The molecule has 0 aliphatic heterocycles. The van der Waals surface area contributed by atoms with Crippen LogP contribution in [0.15, 0.2) is 103 Å². The molecule has 0 saturated heterocycles. The Morgan fingerprint density at radius 3 is 2.26 bits per heavy atom. The second-order valence-electron chi connectivity index (χ2n) is 9.06. The Kier molecular flexibility index (Phi) is 7.99. The fraction of sp³-hybridized carbons (Fsp3) is 0.188. The van der Waals surface area contributed by atoms with Crippen molar-refractivity contribution in [3.8, 4) is 22.6 Å². The second-order valence-corrected chi connectivity index (χ2v) is 9.06.